The lowest BCUT2D eigenvalue weighted by Gasteiger charge is -2.45. The molecule has 0 unspecified atom stereocenters. The monoisotopic (exact) mass is 430 g/mol. The highest BCUT2D eigenvalue weighted by atomic mass is 32.2. The maximum atomic E-state index is 12.0. The Morgan fingerprint density at radius 2 is 1.29 bits per heavy atom. The Hall–Kier alpha value is -2.52. The van der Waals surface area contributed by atoms with Gasteiger partial charge >= 0.3 is 5.97 Å². The lowest BCUT2D eigenvalue weighted by molar-refractivity contribution is -0.137. The number of carbonyl (C=O) groups is 1. The largest absolute Gasteiger partial charge is 0.481 e. The first-order valence-corrected chi connectivity index (χ1v) is 12.0. The minimum absolute atomic E-state index is 0.199. The van der Waals surface area contributed by atoms with Crippen molar-refractivity contribution in [1.82, 2.24) is 0 Å². The molecule has 1 aliphatic carbocycles. The molecule has 1 N–H and O–H groups in total. The fourth-order valence-corrected chi connectivity index (χ4v) is 7.02. The number of carboxylic acids is 1. The van der Waals surface area contributed by atoms with E-state index < -0.39 is 10.7 Å². The van der Waals surface area contributed by atoms with Crippen molar-refractivity contribution in [3.8, 4) is 0 Å². The van der Waals surface area contributed by atoms with E-state index in [0.29, 0.717) is 0 Å². The molecule has 0 heterocycles. The van der Waals surface area contributed by atoms with Crippen LogP contribution < -0.4 is 0 Å². The second-order valence-corrected chi connectivity index (χ2v) is 10.4. The summed E-state index contributed by atoms with van der Waals surface area (Å²) in [5.74, 6) is -0.701. The van der Waals surface area contributed by atoms with Crippen LogP contribution in [-0.2, 0) is 9.54 Å². The SMILES string of the molecule is Cc1ccc(C(SC2(CC(=O)O)CCCCC2)(c2ccccc2)c2ccccc2)cc1. The van der Waals surface area contributed by atoms with Gasteiger partial charge in [-0.2, -0.15) is 0 Å². The molecule has 3 heteroatoms. The van der Waals surface area contributed by atoms with Crippen LogP contribution in [0.2, 0.25) is 0 Å². The zero-order valence-electron chi connectivity index (χ0n) is 18.1. The molecule has 0 saturated heterocycles. The number of rotatable bonds is 7. The molecule has 3 aromatic carbocycles. The number of benzene rings is 3. The van der Waals surface area contributed by atoms with E-state index in [2.05, 4.69) is 79.7 Å². The number of carboxylic acid groups (broad SMARTS) is 1. The van der Waals surface area contributed by atoms with E-state index in [4.69, 9.17) is 0 Å². The lowest BCUT2D eigenvalue weighted by atomic mass is 9.83. The summed E-state index contributed by atoms with van der Waals surface area (Å²) < 4.78 is -0.760. The van der Waals surface area contributed by atoms with Crippen LogP contribution in [-0.4, -0.2) is 15.8 Å². The first-order valence-electron chi connectivity index (χ1n) is 11.1. The molecule has 2 nitrogen and oxygen atoms in total. The predicted octanol–water partition coefficient (Wildman–Crippen LogP) is 7.20. The van der Waals surface area contributed by atoms with E-state index in [1.165, 1.54) is 28.7 Å². The van der Waals surface area contributed by atoms with Crippen molar-refractivity contribution in [3.63, 3.8) is 0 Å². The molecule has 0 aromatic heterocycles. The van der Waals surface area contributed by atoms with Gasteiger partial charge in [0.05, 0.1) is 11.2 Å². The van der Waals surface area contributed by atoms with Crippen LogP contribution >= 0.6 is 11.8 Å². The van der Waals surface area contributed by atoms with Crippen molar-refractivity contribution in [2.24, 2.45) is 0 Å². The summed E-state index contributed by atoms with van der Waals surface area (Å²) in [4.78, 5) is 12.0. The van der Waals surface area contributed by atoms with Gasteiger partial charge in [-0.05, 0) is 36.5 Å². The normalized spacial score (nSPS) is 16.0. The third-order valence-electron chi connectivity index (χ3n) is 6.43. The van der Waals surface area contributed by atoms with Crippen LogP contribution in [0.5, 0.6) is 0 Å². The molecule has 3 aromatic rings. The lowest BCUT2D eigenvalue weighted by Crippen LogP contribution is -2.38. The quantitative estimate of drug-likeness (QED) is 0.403. The van der Waals surface area contributed by atoms with E-state index in [9.17, 15) is 9.90 Å². The van der Waals surface area contributed by atoms with Gasteiger partial charge in [0.25, 0.3) is 0 Å². The molecule has 1 fully saturated rings. The average Bonchev–Trinajstić information content (AvgIpc) is 2.79. The summed E-state index contributed by atoms with van der Waals surface area (Å²) in [7, 11) is 0. The van der Waals surface area contributed by atoms with E-state index >= 15 is 0 Å². The van der Waals surface area contributed by atoms with E-state index in [1.54, 1.807) is 0 Å². The van der Waals surface area contributed by atoms with Crippen LogP contribution in [0.3, 0.4) is 0 Å². The average molecular weight is 431 g/mol. The minimum atomic E-state index is -0.701. The molecule has 160 valence electrons. The summed E-state index contributed by atoms with van der Waals surface area (Å²) in [5, 5.41) is 9.86. The Morgan fingerprint density at radius 3 is 1.77 bits per heavy atom. The summed E-state index contributed by atoms with van der Waals surface area (Å²) in [6, 6.07) is 30.0. The first-order chi connectivity index (χ1) is 15.0. The molecular weight excluding hydrogens is 400 g/mol. The zero-order valence-corrected chi connectivity index (χ0v) is 18.9. The fourth-order valence-electron chi connectivity index (χ4n) is 4.92. The van der Waals surface area contributed by atoms with Gasteiger partial charge in [0.2, 0.25) is 0 Å². The van der Waals surface area contributed by atoms with Crippen molar-refractivity contribution in [1.29, 1.82) is 0 Å². The predicted molar refractivity (Wildman–Crippen MR) is 130 cm³/mol. The van der Waals surface area contributed by atoms with Crippen molar-refractivity contribution in [2.75, 3.05) is 0 Å². The van der Waals surface area contributed by atoms with Gasteiger partial charge in [-0.15, -0.1) is 11.8 Å². The topological polar surface area (TPSA) is 37.3 Å². The summed E-state index contributed by atoms with van der Waals surface area (Å²) in [6.07, 6.45) is 5.46. The van der Waals surface area contributed by atoms with Crippen LogP contribution in [0, 0.1) is 6.92 Å². The van der Waals surface area contributed by atoms with Crippen molar-refractivity contribution >= 4 is 17.7 Å². The Balaban J connectivity index is 1.97. The van der Waals surface area contributed by atoms with Crippen molar-refractivity contribution < 1.29 is 9.90 Å². The molecule has 0 bridgehead atoms. The second kappa shape index (κ2) is 9.32. The van der Waals surface area contributed by atoms with Crippen molar-refractivity contribution in [3.05, 3.63) is 107 Å². The fraction of sp³-hybridized carbons (Fsp3) is 0.321. The third-order valence-corrected chi connectivity index (χ3v) is 8.43. The molecule has 4 rings (SSSR count). The van der Waals surface area contributed by atoms with Gasteiger partial charge in [-0.3, -0.25) is 4.79 Å². The van der Waals surface area contributed by atoms with Crippen LogP contribution in [0.1, 0.15) is 60.8 Å². The summed E-state index contributed by atoms with van der Waals surface area (Å²) >= 11 is 1.87. The van der Waals surface area contributed by atoms with Gasteiger partial charge in [-0.25, -0.2) is 0 Å². The van der Waals surface area contributed by atoms with Crippen molar-refractivity contribution in [2.45, 2.75) is 54.9 Å². The Bertz CT molecular complexity index is 951. The highest BCUT2D eigenvalue weighted by Gasteiger charge is 2.46. The number of hydrogen-bond acceptors (Lipinski definition) is 2. The van der Waals surface area contributed by atoms with Crippen LogP contribution in [0.25, 0.3) is 0 Å². The molecule has 0 radical (unpaired) electrons. The highest BCUT2D eigenvalue weighted by molar-refractivity contribution is 8.02. The van der Waals surface area contributed by atoms with Gasteiger partial charge in [0, 0.05) is 4.75 Å². The Labute approximate surface area is 189 Å². The van der Waals surface area contributed by atoms with Gasteiger partial charge in [0.1, 0.15) is 0 Å². The smallest absolute Gasteiger partial charge is 0.304 e. The molecular formula is C28H30O2S. The molecule has 1 aliphatic rings. The van der Waals surface area contributed by atoms with Gasteiger partial charge in [-0.1, -0.05) is 110 Å². The molecule has 0 spiro atoms. The standard InChI is InChI=1S/C28H30O2S/c1-22-15-17-25(18-16-22)28(23-11-5-2-6-12-23,24-13-7-3-8-14-24)31-27(21-26(29)30)19-9-4-10-20-27/h2-3,5-8,11-18H,4,9-10,19-21H2,1H3,(H,29,30). The van der Waals surface area contributed by atoms with E-state index in [-0.39, 0.29) is 11.2 Å². The molecule has 0 amide bonds. The van der Waals surface area contributed by atoms with Gasteiger partial charge in [0.15, 0.2) is 0 Å². The maximum Gasteiger partial charge on any atom is 0.304 e. The van der Waals surface area contributed by atoms with E-state index in [0.717, 1.165) is 25.7 Å². The van der Waals surface area contributed by atoms with Crippen LogP contribution in [0.4, 0.5) is 0 Å². The van der Waals surface area contributed by atoms with E-state index in [1.807, 2.05) is 23.9 Å². The molecule has 0 atom stereocenters. The van der Waals surface area contributed by atoms with Crippen LogP contribution in [0.15, 0.2) is 84.9 Å². The Kier molecular flexibility index (Phi) is 6.52. The number of thioether (sulfide) groups is 1. The number of aryl methyl sites for hydroxylation is 1. The maximum absolute atomic E-state index is 12.0. The second-order valence-electron chi connectivity index (χ2n) is 8.70. The first kappa shape index (κ1) is 21.7. The zero-order chi connectivity index (χ0) is 21.7. The third kappa shape index (κ3) is 4.57. The summed E-state index contributed by atoms with van der Waals surface area (Å²) in [6.45, 7) is 2.11. The summed E-state index contributed by atoms with van der Waals surface area (Å²) in [5.41, 5.74) is 4.83. The molecule has 0 aliphatic heterocycles. The van der Waals surface area contributed by atoms with Gasteiger partial charge < -0.3 is 5.11 Å². The Morgan fingerprint density at radius 1 is 0.806 bits per heavy atom. The molecule has 31 heavy (non-hydrogen) atoms. The highest BCUT2D eigenvalue weighted by Crippen LogP contribution is 2.58. The minimum Gasteiger partial charge on any atom is -0.481 e. The molecule has 1 saturated carbocycles. The number of aliphatic carboxylic acids is 1. The number of hydrogen-bond donors (Lipinski definition) is 1.